The van der Waals surface area contributed by atoms with Crippen LogP contribution < -0.4 is 15.4 Å². The Morgan fingerprint density at radius 2 is 1.90 bits per heavy atom. The van der Waals surface area contributed by atoms with E-state index >= 15 is 0 Å². The van der Waals surface area contributed by atoms with Gasteiger partial charge in [-0.25, -0.2) is 0 Å². The number of amides is 2. The molecule has 2 amide bonds. The van der Waals surface area contributed by atoms with Gasteiger partial charge in [-0.2, -0.15) is 0 Å². The molecule has 0 fully saturated rings. The molecule has 1 aromatic heterocycles. The van der Waals surface area contributed by atoms with Crippen LogP contribution in [0.3, 0.4) is 0 Å². The number of anilines is 1. The number of aryl methyl sites for hydroxylation is 1. The molecule has 1 atom stereocenters. The van der Waals surface area contributed by atoms with E-state index in [1.807, 2.05) is 45.0 Å². The highest BCUT2D eigenvalue weighted by Gasteiger charge is 2.15. The number of nitrogens with zero attached hydrogens (tertiary/aromatic N) is 2. The van der Waals surface area contributed by atoms with Gasteiger partial charge in [0.2, 0.25) is 5.01 Å². The Hall–Kier alpha value is -3.26. The quantitative estimate of drug-likeness (QED) is 0.565. The van der Waals surface area contributed by atoms with E-state index in [0.29, 0.717) is 16.3 Å². The predicted molar refractivity (Wildman–Crippen MR) is 117 cm³/mol. The second kappa shape index (κ2) is 9.98. The molecule has 3 aromatic rings. The largest absolute Gasteiger partial charge is 0.486 e. The number of hydrogen-bond acceptors (Lipinski definition) is 6. The Morgan fingerprint density at radius 3 is 2.67 bits per heavy atom. The number of para-hydroxylation sites is 1. The standard InChI is InChI=1S/C22H24N4O3S/c1-4-15(3)23-20(27)16-9-7-10-17(12-16)24-21(28)22-26-25-19(30-22)13-29-18-11-6-5-8-14(18)2/h5-12,15H,4,13H2,1-3H3,(H,23,27)(H,24,28). The average molecular weight is 425 g/mol. The molecule has 0 aliphatic carbocycles. The average Bonchev–Trinajstić information content (AvgIpc) is 3.22. The third kappa shape index (κ3) is 5.64. The van der Waals surface area contributed by atoms with Crippen LogP contribution in [-0.4, -0.2) is 28.1 Å². The molecule has 0 saturated carbocycles. The first kappa shape index (κ1) is 21.4. The predicted octanol–water partition coefficient (Wildman–Crippen LogP) is 4.21. The molecule has 0 saturated heterocycles. The van der Waals surface area contributed by atoms with Crippen molar-refractivity contribution < 1.29 is 14.3 Å². The van der Waals surface area contributed by atoms with E-state index < -0.39 is 0 Å². The van der Waals surface area contributed by atoms with Crippen LogP contribution in [-0.2, 0) is 6.61 Å². The summed E-state index contributed by atoms with van der Waals surface area (Å²) in [5.74, 6) is 0.215. The van der Waals surface area contributed by atoms with Gasteiger partial charge >= 0.3 is 0 Å². The Bertz CT molecular complexity index is 1030. The lowest BCUT2D eigenvalue weighted by Crippen LogP contribution is -2.31. The molecule has 7 nitrogen and oxygen atoms in total. The number of ether oxygens (including phenoxy) is 1. The summed E-state index contributed by atoms with van der Waals surface area (Å²) in [6.45, 7) is 6.15. The number of benzene rings is 2. The summed E-state index contributed by atoms with van der Waals surface area (Å²) in [5, 5.41) is 14.5. The van der Waals surface area contributed by atoms with Gasteiger partial charge in [0.15, 0.2) is 5.01 Å². The van der Waals surface area contributed by atoms with E-state index in [4.69, 9.17) is 4.74 Å². The molecular formula is C22H24N4O3S. The minimum absolute atomic E-state index is 0.0810. The molecule has 3 rings (SSSR count). The van der Waals surface area contributed by atoms with Crippen LogP contribution in [0, 0.1) is 6.92 Å². The fourth-order valence-corrected chi connectivity index (χ4v) is 3.24. The van der Waals surface area contributed by atoms with Gasteiger partial charge in [-0.1, -0.05) is 42.5 Å². The fourth-order valence-electron chi connectivity index (χ4n) is 2.59. The molecule has 2 aromatic carbocycles. The normalized spacial score (nSPS) is 11.6. The summed E-state index contributed by atoms with van der Waals surface area (Å²) in [4.78, 5) is 24.8. The first-order chi connectivity index (χ1) is 14.5. The molecule has 0 bridgehead atoms. The van der Waals surface area contributed by atoms with E-state index in [1.54, 1.807) is 24.3 Å². The molecule has 8 heteroatoms. The van der Waals surface area contributed by atoms with Crippen LogP contribution in [0.15, 0.2) is 48.5 Å². The van der Waals surface area contributed by atoms with Crippen LogP contribution >= 0.6 is 11.3 Å². The van der Waals surface area contributed by atoms with Crippen molar-refractivity contribution in [3.05, 3.63) is 69.7 Å². The van der Waals surface area contributed by atoms with Gasteiger partial charge in [0.05, 0.1) is 0 Å². The summed E-state index contributed by atoms with van der Waals surface area (Å²) in [7, 11) is 0. The third-order valence-corrected chi connectivity index (χ3v) is 5.37. The number of carbonyl (C=O) groups is 2. The summed E-state index contributed by atoms with van der Waals surface area (Å²) < 4.78 is 5.75. The Balaban J connectivity index is 1.61. The molecule has 2 N–H and O–H groups in total. The maximum Gasteiger partial charge on any atom is 0.286 e. The van der Waals surface area contributed by atoms with Gasteiger partial charge in [0, 0.05) is 17.3 Å². The Morgan fingerprint density at radius 1 is 1.10 bits per heavy atom. The van der Waals surface area contributed by atoms with Gasteiger partial charge in [0.25, 0.3) is 11.8 Å². The molecular weight excluding hydrogens is 400 g/mol. The van der Waals surface area contributed by atoms with Gasteiger partial charge < -0.3 is 15.4 Å². The molecule has 0 spiro atoms. The zero-order chi connectivity index (χ0) is 21.5. The SMILES string of the molecule is CCC(C)NC(=O)c1cccc(NC(=O)c2nnc(COc3ccccc3C)s2)c1. The maximum absolute atomic E-state index is 12.5. The van der Waals surface area contributed by atoms with Crippen molar-refractivity contribution in [3.8, 4) is 5.75 Å². The minimum atomic E-state index is -0.380. The van der Waals surface area contributed by atoms with Gasteiger partial charge in [-0.3, -0.25) is 9.59 Å². The number of nitrogens with one attached hydrogen (secondary N) is 2. The highest BCUT2D eigenvalue weighted by molar-refractivity contribution is 7.13. The summed E-state index contributed by atoms with van der Waals surface area (Å²) in [6.07, 6.45) is 0.842. The second-order valence-corrected chi connectivity index (χ2v) is 7.93. The van der Waals surface area contributed by atoms with Crippen LogP contribution in [0.2, 0.25) is 0 Å². The van der Waals surface area contributed by atoms with Crippen molar-refractivity contribution in [1.82, 2.24) is 15.5 Å². The Kier molecular flexibility index (Phi) is 7.13. The number of aromatic nitrogens is 2. The zero-order valence-electron chi connectivity index (χ0n) is 17.1. The van der Waals surface area contributed by atoms with E-state index in [2.05, 4.69) is 20.8 Å². The molecule has 1 unspecified atom stereocenters. The Labute approximate surface area is 179 Å². The first-order valence-corrected chi connectivity index (χ1v) is 10.5. The van der Waals surface area contributed by atoms with Crippen LogP contribution in [0.5, 0.6) is 5.75 Å². The van der Waals surface area contributed by atoms with Crippen LogP contribution in [0.1, 0.15) is 51.0 Å². The van der Waals surface area contributed by atoms with Crippen molar-refractivity contribution >= 4 is 28.8 Å². The summed E-state index contributed by atoms with van der Waals surface area (Å²) in [6, 6.07) is 14.6. The molecule has 156 valence electrons. The van der Waals surface area contributed by atoms with E-state index in [1.165, 1.54) is 11.3 Å². The number of rotatable bonds is 8. The van der Waals surface area contributed by atoms with E-state index in [-0.39, 0.29) is 29.5 Å². The monoisotopic (exact) mass is 424 g/mol. The summed E-state index contributed by atoms with van der Waals surface area (Å²) in [5.41, 5.74) is 2.03. The topological polar surface area (TPSA) is 93.2 Å². The molecule has 0 aliphatic rings. The van der Waals surface area contributed by atoms with E-state index in [9.17, 15) is 9.59 Å². The first-order valence-electron chi connectivity index (χ1n) is 9.69. The van der Waals surface area contributed by atoms with Crippen molar-refractivity contribution in [3.63, 3.8) is 0 Å². The third-order valence-electron chi connectivity index (χ3n) is 4.48. The summed E-state index contributed by atoms with van der Waals surface area (Å²) >= 11 is 1.17. The highest BCUT2D eigenvalue weighted by Crippen LogP contribution is 2.20. The van der Waals surface area contributed by atoms with Crippen molar-refractivity contribution in [1.29, 1.82) is 0 Å². The number of hydrogen-bond donors (Lipinski definition) is 2. The van der Waals surface area contributed by atoms with Gasteiger partial charge in [-0.15, -0.1) is 10.2 Å². The number of carbonyl (C=O) groups excluding carboxylic acids is 2. The van der Waals surface area contributed by atoms with Crippen LogP contribution in [0.25, 0.3) is 0 Å². The van der Waals surface area contributed by atoms with Crippen molar-refractivity contribution in [2.24, 2.45) is 0 Å². The molecule has 0 aliphatic heterocycles. The molecule has 30 heavy (non-hydrogen) atoms. The molecule has 0 radical (unpaired) electrons. The fraction of sp³-hybridized carbons (Fsp3) is 0.273. The second-order valence-electron chi connectivity index (χ2n) is 6.87. The van der Waals surface area contributed by atoms with Gasteiger partial charge in [0.1, 0.15) is 12.4 Å². The van der Waals surface area contributed by atoms with E-state index in [0.717, 1.165) is 17.7 Å². The minimum Gasteiger partial charge on any atom is -0.486 e. The lowest BCUT2D eigenvalue weighted by atomic mass is 10.1. The highest BCUT2D eigenvalue weighted by atomic mass is 32.1. The lowest BCUT2D eigenvalue weighted by molar-refractivity contribution is 0.0938. The zero-order valence-corrected chi connectivity index (χ0v) is 18.0. The maximum atomic E-state index is 12.5. The van der Waals surface area contributed by atoms with Crippen molar-refractivity contribution in [2.45, 2.75) is 39.8 Å². The van der Waals surface area contributed by atoms with Crippen LogP contribution in [0.4, 0.5) is 5.69 Å². The lowest BCUT2D eigenvalue weighted by Gasteiger charge is -2.12. The van der Waals surface area contributed by atoms with Gasteiger partial charge in [-0.05, 0) is 50.1 Å². The molecule has 1 heterocycles. The van der Waals surface area contributed by atoms with Crippen molar-refractivity contribution in [2.75, 3.05) is 5.32 Å². The smallest absolute Gasteiger partial charge is 0.286 e.